The number of piperazine rings is 1. The number of para-hydroxylation sites is 1. The van der Waals surface area contributed by atoms with Crippen molar-refractivity contribution in [3.05, 3.63) is 51.4 Å². The summed E-state index contributed by atoms with van der Waals surface area (Å²) in [6.07, 6.45) is 6.80. The summed E-state index contributed by atoms with van der Waals surface area (Å²) in [4.78, 5) is 29.8. The first-order valence-corrected chi connectivity index (χ1v) is 11.3. The van der Waals surface area contributed by atoms with Gasteiger partial charge in [0.15, 0.2) is 0 Å². The Hall–Kier alpha value is -2.38. The van der Waals surface area contributed by atoms with Gasteiger partial charge >= 0.3 is 5.97 Å². The zero-order chi connectivity index (χ0) is 22.0. The zero-order valence-corrected chi connectivity index (χ0v) is 18.8. The number of ether oxygens (including phenoxy) is 1. The van der Waals surface area contributed by atoms with E-state index in [-0.39, 0.29) is 10.6 Å². The summed E-state index contributed by atoms with van der Waals surface area (Å²) in [5, 5.41) is 4.46. The van der Waals surface area contributed by atoms with Crippen LogP contribution in [0.5, 0.6) is 0 Å². The monoisotopic (exact) mass is 444 g/mol. The Morgan fingerprint density at radius 1 is 1.06 bits per heavy atom. The molecular weight excluding hydrogens is 416 g/mol. The molecule has 2 fully saturated rings. The molecule has 0 amide bonds. The van der Waals surface area contributed by atoms with Gasteiger partial charge in [-0.3, -0.25) is 9.69 Å². The molecule has 2 aromatic rings. The van der Waals surface area contributed by atoms with Crippen LogP contribution in [0.3, 0.4) is 0 Å². The summed E-state index contributed by atoms with van der Waals surface area (Å²) in [5.41, 5.74) is 0.817. The Morgan fingerprint density at radius 3 is 2.42 bits per heavy atom. The molecule has 0 radical (unpaired) electrons. The highest BCUT2D eigenvalue weighted by molar-refractivity contribution is 6.33. The Labute approximate surface area is 187 Å². The van der Waals surface area contributed by atoms with E-state index in [1.165, 1.54) is 32.8 Å². The first kappa shape index (κ1) is 21.8. The average molecular weight is 445 g/mol. The predicted molar refractivity (Wildman–Crippen MR) is 121 cm³/mol. The number of hydrogen-bond acceptors (Lipinski definition) is 6. The van der Waals surface area contributed by atoms with Gasteiger partial charge in [-0.05, 0) is 43.7 Å². The maximum absolute atomic E-state index is 13.0. The number of benzene rings is 1. The average Bonchev–Trinajstić information content (AvgIpc) is 2.81. The van der Waals surface area contributed by atoms with Crippen molar-refractivity contribution in [1.29, 1.82) is 0 Å². The van der Waals surface area contributed by atoms with E-state index in [0.717, 1.165) is 36.8 Å². The van der Waals surface area contributed by atoms with Crippen LogP contribution in [0.1, 0.15) is 43.0 Å². The molecule has 7 nitrogen and oxygen atoms in total. The van der Waals surface area contributed by atoms with E-state index in [1.807, 2.05) is 0 Å². The lowest BCUT2D eigenvalue weighted by molar-refractivity contribution is 0.0600. The minimum absolute atomic E-state index is 0.120. The Bertz CT molecular complexity index is 993. The second-order valence-corrected chi connectivity index (χ2v) is 8.88. The smallest absolute Gasteiger partial charge is 0.340 e. The summed E-state index contributed by atoms with van der Waals surface area (Å²) in [6.45, 7) is 5.90. The molecular formula is C23H29ClN4O3. The third-order valence-electron chi connectivity index (χ3n) is 6.59. The molecule has 0 atom stereocenters. The first-order chi connectivity index (χ1) is 15.0. The number of nitrogens with zero attached hydrogens (tertiary/aromatic N) is 4. The number of anilines is 1. The van der Waals surface area contributed by atoms with Crippen LogP contribution >= 0.6 is 11.6 Å². The number of rotatable bonds is 4. The number of esters is 1. The second-order valence-electron chi connectivity index (χ2n) is 8.51. The van der Waals surface area contributed by atoms with Crippen molar-refractivity contribution in [2.75, 3.05) is 38.2 Å². The van der Waals surface area contributed by atoms with Crippen molar-refractivity contribution < 1.29 is 9.53 Å². The van der Waals surface area contributed by atoms with Crippen molar-refractivity contribution in [3.8, 4) is 5.69 Å². The predicted octanol–water partition coefficient (Wildman–Crippen LogP) is 3.37. The number of carbonyl (C=O) groups excluding carboxylic acids is 1. The highest BCUT2D eigenvalue weighted by Gasteiger charge is 2.28. The SMILES string of the molecule is COC(=O)c1ccccc1-n1ncc(N2CCN(C3CCC(C)CC3)CC2)c(Cl)c1=O. The largest absolute Gasteiger partial charge is 0.465 e. The van der Waals surface area contributed by atoms with Crippen molar-refractivity contribution in [2.45, 2.75) is 38.6 Å². The lowest BCUT2D eigenvalue weighted by Gasteiger charge is -2.42. The lowest BCUT2D eigenvalue weighted by Crippen LogP contribution is -2.51. The van der Waals surface area contributed by atoms with Gasteiger partial charge in [0.2, 0.25) is 0 Å². The molecule has 166 valence electrons. The molecule has 31 heavy (non-hydrogen) atoms. The molecule has 2 heterocycles. The molecule has 0 spiro atoms. The van der Waals surface area contributed by atoms with Crippen molar-refractivity contribution in [1.82, 2.24) is 14.7 Å². The van der Waals surface area contributed by atoms with Gasteiger partial charge in [-0.2, -0.15) is 9.78 Å². The van der Waals surface area contributed by atoms with Crippen molar-refractivity contribution in [2.24, 2.45) is 5.92 Å². The number of aromatic nitrogens is 2. The number of halogens is 1. The fraction of sp³-hybridized carbons (Fsp3) is 0.522. The normalized spacial score (nSPS) is 22.4. The standard InChI is InChI=1S/C23H29ClN4O3/c1-16-7-9-17(10-8-16)26-11-13-27(14-12-26)20-15-25-28(22(29)21(20)24)19-6-4-3-5-18(19)23(30)31-2/h3-6,15-17H,7-14H2,1-2H3. The van der Waals surface area contributed by atoms with E-state index >= 15 is 0 Å². The molecule has 1 aromatic heterocycles. The molecule has 1 aliphatic carbocycles. The van der Waals surface area contributed by atoms with Gasteiger partial charge in [0.25, 0.3) is 5.56 Å². The van der Waals surface area contributed by atoms with Crippen LogP contribution in [-0.2, 0) is 4.74 Å². The summed E-state index contributed by atoms with van der Waals surface area (Å²) < 4.78 is 5.99. The Kier molecular flexibility index (Phi) is 6.62. The summed E-state index contributed by atoms with van der Waals surface area (Å²) >= 11 is 6.50. The van der Waals surface area contributed by atoms with E-state index in [0.29, 0.717) is 17.4 Å². The molecule has 0 unspecified atom stereocenters. The van der Waals surface area contributed by atoms with Gasteiger partial charge in [0, 0.05) is 32.2 Å². The molecule has 1 aromatic carbocycles. The van der Waals surface area contributed by atoms with Crippen molar-refractivity contribution in [3.63, 3.8) is 0 Å². The van der Waals surface area contributed by atoms with Gasteiger partial charge in [-0.25, -0.2) is 4.79 Å². The topological polar surface area (TPSA) is 67.7 Å². The number of methoxy groups -OCH3 is 1. The Balaban J connectivity index is 1.52. The van der Waals surface area contributed by atoms with Gasteiger partial charge < -0.3 is 9.64 Å². The maximum Gasteiger partial charge on any atom is 0.340 e. The third kappa shape index (κ3) is 4.48. The maximum atomic E-state index is 13.0. The van der Waals surface area contributed by atoms with Crippen LogP contribution < -0.4 is 10.5 Å². The molecule has 0 bridgehead atoms. The van der Waals surface area contributed by atoms with Crippen LogP contribution in [0, 0.1) is 5.92 Å². The van der Waals surface area contributed by atoms with E-state index in [4.69, 9.17) is 16.3 Å². The first-order valence-electron chi connectivity index (χ1n) is 10.9. The van der Waals surface area contributed by atoms with Gasteiger partial charge in [-0.1, -0.05) is 30.7 Å². The molecule has 1 saturated heterocycles. The van der Waals surface area contributed by atoms with Crippen molar-refractivity contribution >= 4 is 23.3 Å². The summed E-state index contributed by atoms with van der Waals surface area (Å²) in [5.74, 6) is 0.316. The summed E-state index contributed by atoms with van der Waals surface area (Å²) in [6, 6.07) is 7.38. The van der Waals surface area contributed by atoms with Crippen LogP contribution in [0.25, 0.3) is 5.69 Å². The van der Waals surface area contributed by atoms with Crippen LogP contribution in [-0.4, -0.2) is 60.0 Å². The van der Waals surface area contributed by atoms with E-state index in [1.54, 1.807) is 30.5 Å². The summed E-state index contributed by atoms with van der Waals surface area (Å²) in [7, 11) is 1.30. The minimum atomic E-state index is -0.530. The van der Waals surface area contributed by atoms with Crippen LogP contribution in [0.2, 0.25) is 5.02 Å². The van der Waals surface area contributed by atoms with Gasteiger partial charge in [0.1, 0.15) is 5.02 Å². The van der Waals surface area contributed by atoms with E-state index < -0.39 is 11.5 Å². The minimum Gasteiger partial charge on any atom is -0.465 e. The lowest BCUT2D eigenvalue weighted by atomic mass is 9.86. The van der Waals surface area contributed by atoms with Gasteiger partial charge in [0.05, 0.1) is 30.2 Å². The molecule has 1 aliphatic heterocycles. The molecule has 4 rings (SSSR count). The molecule has 8 heteroatoms. The zero-order valence-electron chi connectivity index (χ0n) is 18.1. The fourth-order valence-electron chi connectivity index (χ4n) is 4.69. The van der Waals surface area contributed by atoms with Crippen LogP contribution in [0.15, 0.2) is 35.3 Å². The molecule has 2 aliphatic rings. The Morgan fingerprint density at radius 2 is 1.74 bits per heavy atom. The van der Waals surface area contributed by atoms with E-state index in [9.17, 15) is 9.59 Å². The molecule has 1 saturated carbocycles. The number of hydrogen-bond donors (Lipinski definition) is 0. The molecule has 0 N–H and O–H groups in total. The van der Waals surface area contributed by atoms with Crippen LogP contribution in [0.4, 0.5) is 5.69 Å². The quantitative estimate of drug-likeness (QED) is 0.673. The second kappa shape index (κ2) is 9.40. The van der Waals surface area contributed by atoms with Gasteiger partial charge in [-0.15, -0.1) is 0 Å². The third-order valence-corrected chi connectivity index (χ3v) is 6.95. The fourth-order valence-corrected chi connectivity index (χ4v) is 4.94. The number of carbonyl (C=O) groups is 1. The highest BCUT2D eigenvalue weighted by Crippen LogP contribution is 2.29. The van der Waals surface area contributed by atoms with E-state index in [2.05, 4.69) is 21.8 Å². The highest BCUT2D eigenvalue weighted by atomic mass is 35.5.